The summed E-state index contributed by atoms with van der Waals surface area (Å²) in [5.41, 5.74) is -0.859. The molecule has 6 nitrogen and oxygen atoms in total. The number of aliphatic hydroxyl groups excluding tert-OH is 1. The summed E-state index contributed by atoms with van der Waals surface area (Å²) in [6.45, 7) is 0.891. The van der Waals surface area contributed by atoms with Crippen molar-refractivity contribution in [3.63, 3.8) is 0 Å². The molecule has 0 bridgehead atoms. The zero-order valence-corrected chi connectivity index (χ0v) is 13.5. The molecule has 24 heavy (non-hydrogen) atoms. The summed E-state index contributed by atoms with van der Waals surface area (Å²) in [5, 5.41) is 12.9. The van der Waals surface area contributed by atoms with Gasteiger partial charge in [-0.2, -0.15) is 13.2 Å². The average Bonchev–Trinajstić information content (AvgIpc) is 2.49. The summed E-state index contributed by atoms with van der Waals surface area (Å²) < 4.78 is 39.0. The highest BCUT2D eigenvalue weighted by Crippen LogP contribution is 2.34. The van der Waals surface area contributed by atoms with Gasteiger partial charge >= 0.3 is 6.18 Å². The Labute approximate surface area is 138 Å². The summed E-state index contributed by atoms with van der Waals surface area (Å²) in [6.07, 6.45) is -3.72. The van der Waals surface area contributed by atoms with Gasteiger partial charge in [0.1, 0.15) is 5.82 Å². The highest BCUT2D eigenvalue weighted by molar-refractivity contribution is 5.77. The number of β-amino-alcohol motifs (C(OH)–C–C–N with tert-alkyl or cyclic N) is 1. The van der Waals surface area contributed by atoms with Crippen LogP contribution >= 0.6 is 0 Å². The molecule has 0 aliphatic carbocycles. The summed E-state index contributed by atoms with van der Waals surface area (Å²) >= 11 is 0. The summed E-state index contributed by atoms with van der Waals surface area (Å²) in [6, 6.07) is 1.62. The minimum absolute atomic E-state index is 0.0855. The molecule has 1 amide bonds. The lowest BCUT2D eigenvalue weighted by molar-refractivity contribution is -0.137. The van der Waals surface area contributed by atoms with Crippen molar-refractivity contribution < 1.29 is 23.1 Å². The van der Waals surface area contributed by atoms with Gasteiger partial charge in [0.15, 0.2) is 0 Å². The molecule has 1 aromatic rings. The number of pyridine rings is 1. The lowest BCUT2D eigenvalue weighted by Crippen LogP contribution is -2.52. The summed E-state index contributed by atoms with van der Waals surface area (Å²) in [5.74, 6) is -0.371. The maximum absolute atomic E-state index is 13.0. The van der Waals surface area contributed by atoms with E-state index in [1.54, 1.807) is 19.0 Å². The molecule has 1 aliphatic heterocycles. The zero-order valence-electron chi connectivity index (χ0n) is 13.5. The topological polar surface area (TPSA) is 68.7 Å². The van der Waals surface area contributed by atoms with Crippen LogP contribution in [0.2, 0.25) is 0 Å². The van der Waals surface area contributed by atoms with Crippen LogP contribution in [0.25, 0.3) is 0 Å². The number of anilines is 1. The van der Waals surface area contributed by atoms with Gasteiger partial charge in [0.25, 0.3) is 0 Å². The van der Waals surface area contributed by atoms with Gasteiger partial charge in [0.2, 0.25) is 5.91 Å². The number of hydrogen-bond donors (Lipinski definition) is 2. The number of aliphatic hydroxyl groups is 1. The fourth-order valence-electron chi connectivity index (χ4n) is 2.57. The van der Waals surface area contributed by atoms with Crippen LogP contribution in [0.4, 0.5) is 19.0 Å². The van der Waals surface area contributed by atoms with Gasteiger partial charge < -0.3 is 15.3 Å². The van der Waals surface area contributed by atoms with Gasteiger partial charge in [-0.1, -0.05) is 0 Å². The van der Waals surface area contributed by atoms with Crippen LogP contribution in [0, 0.1) is 0 Å². The molecular weight excluding hydrogens is 325 g/mol. The van der Waals surface area contributed by atoms with Gasteiger partial charge in [-0.15, -0.1) is 0 Å². The fraction of sp³-hybridized carbons (Fsp3) is 0.600. The van der Waals surface area contributed by atoms with Crippen molar-refractivity contribution >= 4 is 11.7 Å². The molecule has 1 fully saturated rings. The van der Waals surface area contributed by atoms with Crippen LogP contribution in [0.3, 0.4) is 0 Å². The Bertz CT molecular complexity index is 580. The molecule has 1 saturated heterocycles. The number of likely N-dealkylation sites (N-methyl/N-ethyl adjacent to an activating group) is 1. The first-order valence-corrected chi connectivity index (χ1v) is 7.58. The number of rotatable bonds is 4. The van der Waals surface area contributed by atoms with Crippen molar-refractivity contribution in [3.8, 4) is 0 Å². The van der Waals surface area contributed by atoms with E-state index < -0.39 is 23.9 Å². The van der Waals surface area contributed by atoms with E-state index in [0.29, 0.717) is 13.0 Å². The van der Waals surface area contributed by atoms with E-state index in [1.807, 2.05) is 0 Å². The minimum atomic E-state index is -4.51. The predicted molar refractivity (Wildman–Crippen MR) is 82.4 cm³/mol. The summed E-state index contributed by atoms with van der Waals surface area (Å²) in [7, 11) is 3.29. The van der Waals surface area contributed by atoms with E-state index >= 15 is 0 Å². The second-order valence-corrected chi connectivity index (χ2v) is 6.03. The molecule has 2 N–H and O–H groups in total. The third-order valence-electron chi connectivity index (χ3n) is 3.96. The summed E-state index contributed by atoms with van der Waals surface area (Å²) in [4.78, 5) is 18.7. The fourth-order valence-corrected chi connectivity index (χ4v) is 2.57. The van der Waals surface area contributed by atoms with Gasteiger partial charge in [0, 0.05) is 33.4 Å². The predicted octanol–water partition coefficient (Wildman–Crippen LogP) is 1.04. The number of carbonyl (C=O) groups is 1. The van der Waals surface area contributed by atoms with Gasteiger partial charge in [-0.25, -0.2) is 4.98 Å². The molecule has 2 heterocycles. The average molecular weight is 346 g/mol. The number of carbonyl (C=O) groups excluding carboxylic acids is 1. The first-order chi connectivity index (χ1) is 11.2. The van der Waals surface area contributed by atoms with E-state index in [-0.39, 0.29) is 24.8 Å². The van der Waals surface area contributed by atoms with E-state index in [9.17, 15) is 23.1 Å². The van der Waals surface area contributed by atoms with Crippen molar-refractivity contribution in [1.29, 1.82) is 0 Å². The molecule has 1 aromatic heterocycles. The van der Waals surface area contributed by atoms with Crippen molar-refractivity contribution in [2.75, 3.05) is 39.0 Å². The highest BCUT2D eigenvalue weighted by atomic mass is 19.4. The second kappa shape index (κ2) is 7.35. The first kappa shape index (κ1) is 18.5. The highest BCUT2D eigenvalue weighted by Gasteiger charge is 2.36. The third kappa shape index (κ3) is 4.57. The maximum atomic E-state index is 13.0. The Balaban J connectivity index is 2.00. The van der Waals surface area contributed by atoms with E-state index in [2.05, 4.69) is 10.3 Å². The van der Waals surface area contributed by atoms with Crippen LogP contribution in [0.1, 0.15) is 12.0 Å². The Morgan fingerprint density at radius 3 is 2.79 bits per heavy atom. The molecular formula is C15H21F3N4O2. The third-order valence-corrected chi connectivity index (χ3v) is 3.96. The SMILES string of the molecule is CN(C)C(=O)CN1CC[C@@H](Nc2ncccc2C(F)(F)F)[C@H](O)C1. The molecule has 1 aliphatic rings. The molecule has 2 rings (SSSR count). The number of piperidine rings is 1. The molecule has 0 radical (unpaired) electrons. The number of hydrogen-bond acceptors (Lipinski definition) is 5. The smallest absolute Gasteiger partial charge is 0.390 e. The number of halogens is 3. The Kier molecular flexibility index (Phi) is 5.66. The Morgan fingerprint density at radius 1 is 1.50 bits per heavy atom. The van der Waals surface area contributed by atoms with E-state index in [4.69, 9.17) is 0 Å². The van der Waals surface area contributed by atoms with Crippen molar-refractivity contribution in [2.24, 2.45) is 0 Å². The van der Waals surface area contributed by atoms with Crippen molar-refractivity contribution in [3.05, 3.63) is 23.9 Å². The van der Waals surface area contributed by atoms with Gasteiger partial charge in [0.05, 0.1) is 24.3 Å². The lowest BCUT2D eigenvalue weighted by atomic mass is 10.0. The number of nitrogens with one attached hydrogen (secondary N) is 1. The molecule has 9 heteroatoms. The molecule has 2 atom stereocenters. The molecule has 0 unspecified atom stereocenters. The van der Waals surface area contributed by atoms with Crippen molar-refractivity contribution in [2.45, 2.75) is 24.7 Å². The standard InChI is InChI=1S/C15H21F3N4O2/c1-21(2)13(24)9-22-7-5-11(12(23)8-22)20-14-10(15(16,17)18)4-3-6-19-14/h3-4,6,11-12,23H,5,7-9H2,1-2H3,(H,19,20)/t11-,12-/m1/s1. The van der Waals surface area contributed by atoms with E-state index in [1.165, 1.54) is 17.2 Å². The van der Waals surface area contributed by atoms with Gasteiger partial charge in [-0.3, -0.25) is 9.69 Å². The Hall–Kier alpha value is -1.87. The van der Waals surface area contributed by atoms with E-state index in [0.717, 1.165) is 6.07 Å². The number of amides is 1. The number of aromatic nitrogens is 1. The molecule has 0 aromatic carbocycles. The molecule has 134 valence electrons. The first-order valence-electron chi connectivity index (χ1n) is 7.58. The van der Waals surface area contributed by atoms with Crippen LogP contribution in [0.5, 0.6) is 0 Å². The lowest BCUT2D eigenvalue weighted by Gasteiger charge is -2.36. The molecule has 0 saturated carbocycles. The number of likely N-dealkylation sites (tertiary alicyclic amines) is 1. The van der Waals surface area contributed by atoms with Crippen molar-refractivity contribution in [1.82, 2.24) is 14.8 Å². The van der Waals surface area contributed by atoms with Crippen LogP contribution in [-0.4, -0.2) is 71.7 Å². The Morgan fingerprint density at radius 2 is 2.21 bits per heavy atom. The van der Waals surface area contributed by atoms with Crippen LogP contribution in [-0.2, 0) is 11.0 Å². The zero-order chi connectivity index (χ0) is 17.9. The number of alkyl halides is 3. The maximum Gasteiger partial charge on any atom is 0.419 e. The quantitative estimate of drug-likeness (QED) is 0.853. The number of nitrogens with zero attached hydrogens (tertiary/aromatic N) is 3. The monoisotopic (exact) mass is 346 g/mol. The van der Waals surface area contributed by atoms with Gasteiger partial charge in [-0.05, 0) is 18.6 Å². The normalized spacial score (nSPS) is 22.2. The largest absolute Gasteiger partial charge is 0.419 e. The van der Waals surface area contributed by atoms with Crippen LogP contribution < -0.4 is 5.32 Å². The molecule has 0 spiro atoms. The minimum Gasteiger partial charge on any atom is -0.390 e. The van der Waals surface area contributed by atoms with Crippen LogP contribution in [0.15, 0.2) is 18.3 Å². The second-order valence-electron chi connectivity index (χ2n) is 6.03.